The number of ketones is 1. The second-order valence-corrected chi connectivity index (χ2v) is 8.49. The number of aliphatic hydroxyl groups excluding tert-OH is 1. The predicted molar refractivity (Wildman–Crippen MR) is 117 cm³/mol. The number of carbonyl (C=O) groups is 1. The van der Waals surface area contributed by atoms with Gasteiger partial charge in [0.25, 0.3) is 0 Å². The molecule has 0 radical (unpaired) electrons. The molecule has 0 spiro atoms. The molecule has 1 heterocycles. The van der Waals surface area contributed by atoms with Crippen LogP contribution in [0, 0.1) is 13.8 Å². The monoisotopic (exact) mass is 409 g/mol. The zero-order chi connectivity index (χ0) is 19.2. The van der Waals surface area contributed by atoms with Gasteiger partial charge in [-0.3, -0.25) is 4.79 Å². The second kappa shape index (κ2) is 11.0. The van der Waals surface area contributed by atoms with E-state index in [2.05, 4.69) is 38.1 Å². The molecule has 2 rings (SSSR count). The first kappa shape index (κ1) is 23.8. The molecule has 0 unspecified atom stereocenters. The van der Waals surface area contributed by atoms with E-state index in [-0.39, 0.29) is 24.8 Å². The molecule has 1 aromatic carbocycles. The van der Waals surface area contributed by atoms with Gasteiger partial charge in [-0.05, 0) is 63.1 Å². The Kier molecular flexibility index (Phi) is 9.68. The number of carbonyl (C=O) groups excluding carboxylic acids is 1. The highest BCUT2D eigenvalue weighted by Gasteiger charge is 2.22. The summed E-state index contributed by atoms with van der Waals surface area (Å²) in [5, 5.41) is 9.46. The largest absolute Gasteiger partial charge is 0.394 e. The maximum absolute atomic E-state index is 12.5. The number of aliphatic hydroxyl groups is 1. The highest BCUT2D eigenvalue weighted by atomic mass is 35.5. The lowest BCUT2D eigenvalue weighted by Gasteiger charge is -2.25. The van der Waals surface area contributed by atoms with Crippen LogP contribution in [0.2, 0.25) is 0 Å². The van der Waals surface area contributed by atoms with Crippen LogP contribution in [-0.4, -0.2) is 23.0 Å². The lowest BCUT2D eigenvalue weighted by molar-refractivity contribution is 0.0984. The quantitative estimate of drug-likeness (QED) is 0.541. The second-order valence-electron chi connectivity index (χ2n) is 7.35. The summed E-state index contributed by atoms with van der Waals surface area (Å²) < 4.78 is 0. The first-order valence-corrected chi connectivity index (χ1v) is 10.3. The van der Waals surface area contributed by atoms with Crippen LogP contribution in [0.25, 0.3) is 0 Å². The number of halogens is 1. The number of thiophene rings is 1. The van der Waals surface area contributed by atoms with Crippen molar-refractivity contribution in [2.45, 2.75) is 64.8 Å². The molecule has 0 saturated heterocycles. The summed E-state index contributed by atoms with van der Waals surface area (Å²) in [6, 6.07) is 10.5. The highest BCUT2D eigenvalue weighted by molar-refractivity contribution is 7.14. The standard InChI is InChI=1S/C22H31NO2S.ClH/c1-4-22(23,15-24)13-12-20-17(3)14-21(26-20)19(25)7-5-6-18-10-8-16(2)9-11-18;/h8-11,14,24H,4-7,12-13,15,23H2,1-3H3;1H/t22-;/m1./s1. The van der Waals surface area contributed by atoms with E-state index in [1.54, 1.807) is 11.3 Å². The first-order chi connectivity index (χ1) is 12.4. The van der Waals surface area contributed by atoms with E-state index in [9.17, 15) is 9.90 Å². The maximum atomic E-state index is 12.5. The molecule has 0 aliphatic heterocycles. The molecule has 5 heteroatoms. The Hall–Kier alpha value is -1.20. The molecule has 150 valence electrons. The van der Waals surface area contributed by atoms with E-state index in [1.165, 1.54) is 16.0 Å². The number of rotatable bonds is 10. The van der Waals surface area contributed by atoms with Gasteiger partial charge in [-0.2, -0.15) is 0 Å². The zero-order valence-electron chi connectivity index (χ0n) is 16.6. The average Bonchev–Trinajstić information content (AvgIpc) is 3.02. The van der Waals surface area contributed by atoms with Crippen LogP contribution in [-0.2, 0) is 12.8 Å². The zero-order valence-corrected chi connectivity index (χ0v) is 18.2. The predicted octanol–water partition coefficient (Wildman–Crippen LogP) is 5.02. The molecule has 3 nitrogen and oxygen atoms in total. The molecule has 0 bridgehead atoms. The first-order valence-electron chi connectivity index (χ1n) is 9.44. The minimum absolute atomic E-state index is 0. The molecule has 1 atom stereocenters. The number of nitrogens with two attached hydrogens (primary N) is 1. The molecular weight excluding hydrogens is 378 g/mol. The van der Waals surface area contributed by atoms with Crippen LogP contribution >= 0.6 is 23.7 Å². The topological polar surface area (TPSA) is 63.3 Å². The molecule has 2 aromatic rings. The molecular formula is C22H32ClNO2S. The summed E-state index contributed by atoms with van der Waals surface area (Å²) >= 11 is 1.59. The fourth-order valence-corrected chi connectivity index (χ4v) is 4.11. The third kappa shape index (κ3) is 7.04. The summed E-state index contributed by atoms with van der Waals surface area (Å²) in [5.41, 5.74) is 9.37. The fourth-order valence-electron chi connectivity index (χ4n) is 2.97. The van der Waals surface area contributed by atoms with Crippen molar-refractivity contribution in [1.29, 1.82) is 0 Å². The van der Waals surface area contributed by atoms with Crippen LogP contribution in [0.4, 0.5) is 0 Å². The Balaban J connectivity index is 0.00000364. The normalized spacial score (nSPS) is 13.1. The van der Waals surface area contributed by atoms with E-state index in [0.717, 1.165) is 42.5 Å². The molecule has 27 heavy (non-hydrogen) atoms. The third-order valence-corrected chi connectivity index (χ3v) is 6.49. The Bertz CT molecular complexity index is 720. The summed E-state index contributed by atoms with van der Waals surface area (Å²) in [6.45, 7) is 6.14. The van der Waals surface area contributed by atoms with Crippen LogP contribution in [0.15, 0.2) is 30.3 Å². The molecule has 0 aliphatic carbocycles. The van der Waals surface area contributed by atoms with Crippen LogP contribution in [0.3, 0.4) is 0 Å². The molecule has 0 fully saturated rings. The van der Waals surface area contributed by atoms with E-state index >= 15 is 0 Å². The summed E-state index contributed by atoms with van der Waals surface area (Å²) in [7, 11) is 0. The van der Waals surface area contributed by atoms with E-state index in [0.29, 0.717) is 6.42 Å². The van der Waals surface area contributed by atoms with Gasteiger partial charge in [0.15, 0.2) is 5.78 Å². The highest BCUT2D eigenvalue weighted by Crippen LogP contribution is 2.27. The van der Waals surface area contributed by atoms with Gasteiger partial charge in [0.2, 0.25) is 0 Å². The smallest absolute Gasteiger partial charge is 0.172 e. The van der Waals surface area contributed by atoms with Crippen molar-refractivity contribution in [1.82, 2.24) is 0 Å². The van der Waals surface area contributed by atoms with Gasteiger partial charge in [0.1, 0.15) is 0 Å². The molecule has 0 saturated carbocycles. The molecule has 3 N–H and O–H groups in total. The van der Waals surface area contributed by atoms with Crippen molar-refractivity contribution in [2.75, 3.05) is 6.61 Å². The van der Waals surface area contributed by atoms with E-state index in [4.69, 9.17) is 5.73 Å². The van der Waals surface area contributed by atoms with Crippen molar-refractivity contribution >= 4 is 29.5 Å². The number of hydrogen-bond donors (Lipinski definition) is 2. The molecule has 0 aliphatic rings. The van der Waals surface area contributed by atoms with Gasteiger partial charge < -0.3 is 10.8 Å². The lowest BCUT2D eigenvalue weighted by Crippen LogP contribution is -2.43. The average molecular weight is 410 g/mol. The SMILES string of the molecule is CC[C@](N)(CO)CCc1sc(C(=O)CCCc2ccc(C)cc2)cc1C.Cl. The number of benzene rings is 1. The lowest BCUT2D eigenvalue weighted by atomic mass is 9.92. The van der Waals surface area contributed by atoms with Crippen molar-refractivity contribution in [3.8, 4) is 0 Å². The van der Waals surface area contributed by atoms with Crippen LogP contribution < -0.4 is 5.73 Å². The summed E-state index contributed by atoms with van der Waals surface area (Å²) in [6.07, 6.45) is 4.70. The van der Waals surface area contributed by atoms with Gasteiger partial charge in [0, 0.05) is 16.8 Å². The van der Waals surface area contributed by atoms with Crippen molar-refractivity contribution in [2.24, 2.45) is 5.73 Å². The van der Waals surface area contributed by atoms with Gasteiger partial charge in [-0.1, -0.05) is 36.8 Å². The Labute approximate surface area is 173 Å². The number of Topliss-reactive ketones (excluding diaryl/α,β-unsaturated/α-hetero) is 1. The maximum Gasteiger partial charge on any atom is 0.172 e. The summed E-state index contributed by atoms with van der Waals surface area (Å²) in [4.78, 5) is 14.6. The van der Waals surface area contributed by atoms with E-state index in [1.807, 2.05) is 13.0 Å². The Morgan fingerprint density at radius 1 is 1.19 bits per heavy atom. The van der Waals surface area contributed by atoms with Crippen LogP contribution in [0.5, 0.6) is 0 Å². The van der Waals surface area contributed by atoms with Crippen LogP contribution in [0.1, 0.15) is 63.8 Å². The number of hydrogen-bond acceptors (Lipinski definition) is 4. The summed E-state index contributed by atoms with van der Waals surface area (Å²) in [5.74, 6) is 0.230. The number of aryl methyl sites for hydroxylation is 4. The Morgan fingerprint density at radius 2 is 1.85 bits per heavy atom. The van der Waals surface area contributed by atoms with Gasteiger partial charge in [0.05, 0.1) is 11.5 Å². The van der Waals surface area contributed by atoms with Gasteiger partial charge >= 0.3 is 0 Å². The fraction of sp³-hybridized carbons (Fsp3) is 0.500. The van der Waals surface area contributed by atoms with Gasteiger partial charge in [-0.15, -0.1) is 23.7 Å². The minimum Gasteiger partial charge on any atom is -0.394 e. The molecule has 0 amide bonds. The van der Waals surface area contributed by atoms with Crippen molar-refractivity contribution in [3.05, 3.63) is 56.8 Å². The van der Waals surface area contributed by atoms with Gasteiger partial charge in [-0.25, -0.2) is 0 Å². The molecule has 1 aromatic heterocycles. The van der Waals surface area contributed by atoms with Crippen molar-refractivity contribution < 1.29 is 9.90 Å². The third-order valence-electron chi connectivity index (χ3n) is 5.15. The Morgan fingerprint density at radius 3 is 2.44 bits per heavy atom. The van der Waals surface area contributed by atoms with Crippen molar-refractivity contribution in [3.63, 3.8) is 0 Å². The van der Waals surface area contributed by atoms with E-state index < -0.39 is 5.54 Å². The minimum atomic E-state index is -0.519.